The number of nitrogens with zero attached hydrogens (tertiary/aromatic N) is 2. The molecule has 0 saturated carbocycles. The molecule has 47 heavy (non-hydrogen) atoms. The van der Waals surface area contributed by atoms with Crippen molar-refractivity contribution in [2.75, 3.05) is 20.2 Å². The molecule has 0 bridgehead atoms. The molecular weight excluding hydrogens is 598 g/mol. The number of carbonyl (C=O) groups excluding carboxylic acids is 3. The number of fused-ring (bicyclic) bond motifs is 2. The number of rotatable bonds is 7. The van der Waals surface area contributed by atoms with Gasteiger partial charge in [-0.1, -0.05) is 19.1 Å². The predicted molar refractivity (Wildman–Crippen MR) is 177 cm³/mol. The summed E-state index contributed by atoms with van der Waals surface area (Å²) in [4.78, 5) is 43.1. The zero-order valence-electron chi connectivity index (χ0n) is 28.0. The molecule has 10 nitrogen and oxygen atoms in total. The molecule has 5 rings (SSSR count). The van der Waals surface area contributed by atoms with E-state index >= 15 is 0 Å². The van der Waals surface area contributed by atoms with Crippen molar-refractivity contribution >= 4 is 17.9 Å². The van der Waals surface area contributed by atoms with Crippen molar-refractivity contribution in [2.45, 2.75) is 77.8 Å². The normalized spacial score (nSPS) is 17.9. The van der Waals surface area contributed by atoms with Gasteiger partial charge < -0.3 is 34.8 Å². The highest BCUT2D eigenvalue weighted by molar-refractivity contribution is 5.95. The predicted octanol–water partition coefficient (Wildman–Crippen LogP) is 5.08. The highest BCUT2D eigenvalue weighted by atomic mass is 16.6. The third-order valence-corrected chi connectivity index (χ3v) is 9.26. The van der Waals surface area contributed by atoms with E-state index in [1.807, 2.05) is 25.1 Å². The summed E-state index contributed by atoms with van der Waals surface area (Å²) in [7, 11) is 1.59. The first-order chi connectivity index (χ1) is 22.1. The number of hydrogen-bond donors (Lipinski definition) is 3. The molecule has 0 fully saturated rings. The Kier molecular flexibility index (Phi) is 9.54. The Bertz CT molecular complexity index is 1640. The van der Waals surface area contributed by atoms with Crippen molar-refractivity contribution < 1.29 is 34.1 Å². The van der Waals surface area contributed by atoms with E-state index < -0.39 is 29.3 Å². The first-order valence-corrected chi connectivity index (χ1v) is 16.0. The summed E-state index contributed by atoms with van der Waals surface area (Å²) in [6.07, 6.45) is 0.582. The maximum Gasteiger partial charge on any atom is 0.410 e. The lowest BCUT2D eigenvalue weighted by molar-refractivity contribution is -0.0452. The molecule has 0 radical (unpaired) electrons. The van der Waals surface area contributed by atoms with E-state index in [1.165, 1.54) is 0 Å². The van der Waals surface area contributed by atoms with E-state index in [0.29, 0.717) is 42.8 Å². The van der Waals surface area contributed by atoms with Crippen molar-refractivity contribution in [1.82, 2.24) is 15.1 Å². The van der Waals surface area contributed by atoms with Crippen LogP contribution in [0.15, 0.2) is 60.7 Å². The van der Waals surface area contributed by atoms with E-state index in [9.17, 15) is 24.6 Å². The Balaban J connectivity index is 1.24. The first kappa shape index (κ1) is 33.8. The topological polar surface area (TPSA) is 129 Å². The molecule has 0 saturated heterocycles. The summed E-state index contributed by atoms with van der Waals surface area (Å²) < 4.78 is 10.9. The summed E-state index contributed by atoms with van der Waals surface area (Å²) in [5, 5.41) is 24.6. The molecule has 10 heteroatoms. The maximum absolute atomic E-state index is 13.3. The monoisotopic (exact) mass is 643 g/mol. The van der Waals surface area contributed by atoms with Crippen LogP contribution in [0.25, 0.3) is 0 Å². The van der Waals surface area contributed by atoms with Gasteiger partial charge in [-0.15, -0.1) is 0 Å². The number of amides is 3. The van der Waals surface area contributed by atoms with Gasteiger partial charge in [0.25, 0.3) is 11.8 Å². The van der Waals surface area contributed by atoms with Gasteiger partial charge in [-0.2, -0.15) is 0 Å². The minimum absolute atomic E-state index is 0.0324. The fourth-order valence-electron chi connectivity index (χ4n) is 6.28. The molecule has 0 aliphatic carbocycles. The quantitative estimate of drug-likeness (QED) is 0.328. The van der Waals surface area contributed by atoms with Crippen molar-refractivity contribution in [3.63, 3.8) is 0 Å². The second-order valence-electron chi connectivity index (χ2n) is 13.8. The summed E-state index contributed by atoms with van der Waals surface area (Å²) >= 11 is 0. The van der Waals surface area contributed by atoms with E-state index in [-0.39, 0.29) is 30.7 Å². The summed E-state index contributed by atoms with van der Waals surface area (Å²) in [5.41, 5.74) is 2.80. The van der Waals surface area contributed by atoms with E-state index in [1.54, 1.807) is 87.1 Å². The molecule has 2 heterocycles. The first-order valence-electron chi connectivity index (χ1n) is 16.0. The van der Waals surface area contributed by atoms with Gasteiger partial charge in [0.15, 0.2) is 0 Å². The Hall–Kier alpha value is -4.57. The molecular formula is C37H45N3O7. The number of phenolic OH excluding ortho intramolecular Hbond substituents is 1. The zero-order chi connectivity index (χ0) is 34.1. The average molecular weight is 644 g/mol. The van der Waals surface area contributed by atoms with Gasteiger partial charge in [-0.05, 0) is 111 Å². The number of methoxy groups -OCH3 is 1. The molecule has 0 spiro atoms. The molecule has 0 aromatic heterocycles. The number of carbonyl (C=O) groups is 3. The standard InChI is InChI=1S/C37H45N3O7/c1-23(32-19-25-9-12-30(41)18-29(25)21-40(32)35(44)47-36(2,3)4)37(5,45)22-38-33(42)27-7-8-28-20-39(16-15-26(28)17-27)34(43)24-10-13-31(46-6)14-11-24/h7-14,17-18,23,32,41,45H,15-16,19-22H2,1-6H3,(H,38,42)/t23?,32-,37-/m0/s1. The van der Waals surface area contributed by atoms with Crippen LogP contribution in [-0.2, 0) is 30.7 Å². The Morgan fingerprint density at radius 3 is 2.28 bits per heavy atom. The summed E-state index contributed by atoms with van der Waals surface area (Å²) in [6, 6.07) is 17.2. The number of ether oxygens (including phenoxy) is 2. The second kappa shape index (κ2) is 13.3. The van der Waals surface area contributed by atoms with E-state index in [0.717, 1.165) is 22.3 Å². The molecule has 3 aromatic carbocycles. The number of aromatic hydroxyl groups is 1. The molecule has 3 atom stereocenters. The van der Waals surface area contributed by atoms with Gasteiger partial charge >= 0.3 is 6.09 Å². The van der Waals surface area contributed by atoms with Gasteiger partial charge in [-0.25, -0.2) is 4.79 Å². The fraction of sp³-hybridized carbons (Fsp3) is 0.432. The molecule has 1 unspecified atom stereocenters. The van der Waals surface area contributed by atoms with Gasteiger partial charge in [0.2, 0.25) is 0 Å². The van der Waals surface area contributed by atoms with Gasteiger partial charge in [0.05, 0.1) is 12.7 Å². The van der Waals surface area contributed by atoms with Crippen LogP contribution in [0, 0.1) is 5.92 Å². The van der Waals surface area contributed by atoms with Crippen LogP contribution >= 0.6 is 0 Å². The van der Waals surface area contributed by atoms with Crippen molar-refractivity contribution in [3.05, 3.63) is 94.0 Å². The van der Waals surface area contributed by atoms with Gasteiger partial charge in [-0.3, -0.25) is 9.59 Å². The SMILES string of the molecule is COc1ccc(C(=O)N2CCc3cc(C(=O)NC[C@](C)(O)C(C)[C@@H]4Cc5ccc(O)cc5CN4C(=O)OC(C)(C)C)ccc3C2)cc1. The molecule has 2 aliphatic heterocycles. The summed E-state index contributed by atoms with van der Waals surface area (Å²) in [5.74, 6) is -0.00536. The number of aliphatic hydroxyl groups is 1. The smallest absolute Gasteiger partial charge is 0.410 e. The Morgan fingerprint density at radius 1 is 0.915 bits per heavy atom. The number of hydrogen-bond acceptors (Lipinski definition) is 7. The van der Waals surface area contributed by atoms with E-state index in [4.69, 9.17) is 9.47 Å². The largest absolute Gasteiger partial charge is 0.508 e. The van der Waals surface area contributed by atoms with Gasteiger partial charge in [0, 0.05) is 49.3 Å². The molecule has 250 valence electrons. The highest BCUT2D eigenvalue weighted by Crippen LogP contribution is 2.35. The van der Waals surface area contributed by atoms with Crippen LogP contribution in [0.1, 0.15) is 77.6 Å². The lowest BCUT2D eigenvalue weighted by Gasteiger charge is -2.45. The zero-order valence-corrected chi connectivity index (χ0v) is 28.0. The second-order valence-corrected chi connectivity index (χ2v) is 13.8. The minimum Gasteiger partial charge on any atom is -0.508 e. The third kappa shape index (κ3) is 7.71. The van der Waals surface area contributed by atoms with Crippen molar-refractivity contribution in [2.24, 2.45) is 5.92 Å². The number of phenols is 1. The lowest BCUT2D eigenvalue weighted by atomic mass is 9.78. The van der Waals surface area contributed by atoms with Gasteiger partial charge in [0.1, 0.15) is 17.1 Å². The molecule has 3 aromatic rings. The van der Waals surface area contributed by atoms with Crippen LogP contribution in [-0.4, -0.2) is 75.4 Å². The average Bonchev–Trinajstić information content (AvgIpc) is 3.04. The molecule has 3 N–H and O–H groups in total. The third-order valence-electron chi connectivity index (χ3n) is 9.26. The number of benzene rings is 3. The Morgan fingerprint density at radius 2 is 1.60 bits per heavy atom. The van der Waals surface area contributed by atoms with Crippen molar-refractivity contribution in [1.29, 1.82) is 0 Å². The molecule has 2 aliphatic rings. The van der Waals surface area contributed by atoms with Crippen LogP contribution in [0.3, 0.4) is 0 Å². The molecule has 3 amide bonds. The maximum atomic E-state index is 13.3. The Labute approximate surface area is 276 Å². The lowest BCUT2D eigenvalue weighted by Crippen LogP contribution is -2.57. The fourth-order valence-corrected chi connectivity index (χ4v) is 6.28. The van der Waals surface area contributed by atoms with Crippen LogP contribution in [0.4, 0.5) is 4.79 Å². The van der Waals surface area contributed by atoms with Crippen LogP contribution < -0.4 is 10.1 Å². The van der Waals surface area contributed by atoms with Crippen molar-refractivity contribution in [3.8, 4) is 11.5 Å². The summed E-state index contributed by atoms with van der Waals surface area (Å²) in [6.45, 7) is 10.1. The van der Waals surface area contributed by atoms with Crippen LogP contribution in [0.2, 0.25) is 0 Å². The minimum atomic E-state index is -1.37. The van der Waals surface area contributed by atoms with Crippen LogP contribution in [0.5, 0.6) is 11.5 Å². The number of nitrogens with one attached hydrogen (secondary N) is 1. The highest BCUT2D eigenvalue weighted by Gasteiger charge is 2.42. The van der Waals surface area contributed by atoms with E-state index in [2.05, 4.69) is 5.32 Å².